The van der Waals surface area contributed by atoms with E-state index < -0.39 is 83.6 Å². The smallest absolute Gasteiger partial charge is 0.311 e. The Morgan fingerprint density at radius 1 is 1.12 bits per heavy atom. The number of aliphatic hydroxyl groups is 2. The maximum absolute atomic E-state index is 13.7. The zero-order valence-corrected chi connectivity index (χ0v) is 30.7. The van der Waals surface area contributed by atoms with Crippen LogP contribution in [0, 0.1) is 23.7 Å². The van der Waals surface area contributed by atoms with Crippen molar-refractivity contribution in [3.63, 3.8) is 0 Å². The zero-order valence-electron chi connectivity index (χ0n) is 30.7. The summed E-state index contributed by atoms with van der Waals surface area (Å²) >= 11 is 0. The quantitative estimate of drug-likeness (QED) is 0.168. The highest BCUT2D eigenvalue weighted by molar-refractivity contribution is 5.88. The molecule has 13 heteroatoms. The van der Waals surface area contributed by atoms with Crippen molar-refractivity contribution in [2.45, 2.75) is 142 Å². The lowest BCUT2D eigenvalue weighted by atomic mass is 9.73. The molecule has 1 unspecified atom stereocenters. The van der Waals surface area contributed by atoms with Gasteiger partial charge in [0.1, 0.15) is 11.7 Å². The molecular formula is C35H60N2O11. The van der Waals surface area contributed by atoms with Crippen molar-refractivity contribution >= 4 is 17.7 Å². The molecule has 14 atom stereocenters. The molecule has 276 valence electrons. The summed E-state index contributed by atoms with van der Waals surface area (Å²) in [6.07, 6.45) is -5.31. The van der Waals surface area contributed by atoms with Gasteiger partial charge in [0.25, 0.3) is 0 Å². The summed E-state index contributed by atoms with van der Waals surface area (Å²) in [4.78, 5) is 28.0. The molecule has 3 aliphatic rings. The first-order valence-corrected chi connectivity index (χ1v) is 17.2. The van der Waals surface area contributed by atoms with Gasteiger partial charge in [-0.25, -0.2) is 0 Å². The first-order chi connectivity index (χ1) is 22.3. The fraction of sp³-hybridized carbons (Fsp3) is 0.857. The lowest BCUT2D eigenvalue weighted by Gasteiger charge is -2.49. The summed E-state index contributed by atoms with van der Waals surface area (Å²) in [5.41, 5.74) is -2.03. The third kappa shape index (κ3) is 8.77. The van der Waals surface area contributed by atoms with Crippen molar-refractivity contribution in [1.82, 2.24) is 4.90 Å². The van der Waals surface area contributed by atoms with E-state index in [-0.39, 0.29) is 38.2 Å². The molecule has 13 nitrogen and oxygen atoms in total. The van der Waals surface area contributed by atoms with E-state index in [1.54, 1.807) is 34.6 Å². The van der Waals surface area contributed by atoms with Crippen LogP contribution in [0.25, 0.3) is 0 Å². The number of fused-ring (bicyclic) bond motifs is 5. The van der Waals surface area contributed by atoms with Crippen LogP contribution in [0.15, 0.2) is 17.3 Å². The van der Waals surface area contributed by atoms with Crippen molar-refractivity contribution in [3.05, 3.63) is 12.2 Å². The molecule has 0 aliphatic carbocycles. The highest BCUT2D eigenvalue weighted by Crippen LogP contribution is 2.41. The topological polar surface area (TPSA) is 166 Å². The number of hydrogen-bond donors (Lipinski definition) is 3. The van der Waals surface area contributed by atoms with Crippen molar-refractivity contribution in [2.75, 3.05) is 27.3 Å². The summed E-state index contributed by atoms with van der Waals surface area (Å²) in [5.74, 6) is -4.10. The molecule has 3 fully saturated rings. The second kappa shape index (κ2) is 16.3. The minimum absolute atomic E-state index is 0.00109. The van der Waals surface area contributed by atoms with Crippen molar-refractivity contribution in [3.8, 4) is 0 Å². The third-order valence-electron chi connectivity index (χ3n) is 10.5. The molecule has 0 radical (unpaired) electrons. The van der Waals surface area contributed by atoms with Crippen molar-refractivity contribution < 1.29 is 53.4 Å². The molecule has 3 aliphatic heterocycles. The largest absolute Gasteiger partial charge is 0.459 e. The van der Waals surface area contributed by atoms with E-state index in [0.29, 0.717) is 17.7 Å². The predicted octanol–water partition coefficient (Wildman–Crippen LogP) is 3.31. The molecule has 0 saturated carbocycles. The highest BCUT2D eigenvalue weighted by Gasteiger charge is 2.53. The van der Waals surface area contributed by atoms with Gasteiger partial charge >= 0.3 is 11.9 Å². The number of hydrogen-bond acceptors (Lipinski definition) is 13. The molecule has 0 aromatic heterocycles. The van der Waals surface area contributed by atoms with E-state index in [2.05, 4.69) is 11.7 Å². The first-order valence-electron chi connectivity index (χ1n) is 17.2. The molecular weight excluding hydrogens is 624 g/mol. The number of carbonyl (C=O) groups is 2. The Kier molecular flexibility index (Phi) is 13.7. The summed E-state index contributed by atoms with van der Waals surface area (Å²) < 4.78 is 37.9. The zero-order chi connectivity index (χ0) is 36.3. The SMILES string of the molecule is C=C1CO[C@@H]2[C@@H](C)/C(=N\O)[C@H](C)C[C@@](C)(OC1)[C@H](O[C@@H]1O[C@H](C)C[C@H](N(C)C)[C@H]1OC(C)=O)[C@@H](C)[C@H](O)[C@@H](C)C(=O)OC(CC)[C@@]2(C)O. The van der Waals surface area contributed by atoms with Gasteiger partial charge in [-0.05, 0) is 66.6 Å². The lowest BCUT2D eigenvalue weighted by molar-refractivity contribution is -0.304. The number of rotatable bonds is 5. The number of carbonyl (C=O) groups excluding carboxylic acids is 2. The van der Waals surface area contributed by atoms with E-state index in [1.165, 1.54) is 6.92 Å². The number of oxime groups is 1. The Labute approximate surface area is 285 Å². The molecule has 3 saturated heterocycles. The van der Waals surface area contributed by atoms with Gasteiger partial charge in [0.2, 0.25) is 0 Å². The third-order valence-corrected chi connectivity index (χ3v) is 10.5. The predicted molar refractivity (Wildman–Crippen MR) is 177 cm³/mol. The summed E-state index contributed by atoms with van der Waals surface area (Å²) in [7, 11) is 3.79. The Morgan fingerprint density at radius 3 is 2.33 bits per heavy atom. The fourth-order valence-corrected chi connectivity index (χ4v) is 7.85. The molecule has 3 rings (SSSR count). The van der Waals surface area contributed by atoms with Crippen LogP contribution in [-0.4, -0.2) is 125 Å². The monoisotopic (exact) mass is 684 g/mol. The van der Waals surface area contributed by atoms with Gasteiger partial charge in [-0.1, -0.05) is 39.4 Å². The van der Waals surface area contributed by atoms with Gasteiger partial charge in [0, 0.05) is 24.7 Å². The number of cyclic esters (lactones) is 1. The van der Waals surface area contributed by atoms with Gasteiger partial charge in [0.15, 0.2) is 12.4 Å². The molecule has 0 aromatic carbocycles. The summed E-state index contributed by atoms with van der Waals surface area (Å²) in [5, 5.41) is 38.0. The summed E-state index contributed by atoms with van der Waals surface area (Å²) in [6.45, 7) is 19.7. The minimum Gasteiger partial charge on any atom is -0.459 e. The van der Waals surface area contributed by atoms with Crippen LogP contribution in [0.2, 0.25) is 0 Å². The molecule has 48 heavy (non-hydrogen) atoms. The van der Waals surface area contributed by atoms with Gasteiger partial charge < -0.3 is 48.7 Å². The number of nitrogens with zero attached hydrogens (tertiary/aromatic N) is 2. The molecule has 2 bridgehead atoms. The number of ether oxygens (including phenoxy) is 6. The Bertz CT molecular complexity index is 1160. The van der Waals surface area contributed by atoms with Gasteiger partial charge in [-0.3, -0.25) is 9.59 Å². The van der Waals surface area contributed by atoms with Crippen LogP contribution in [0.5, 0.6) is 0 Å². The average molecular weight is 685 g/mol. The van der Waals surface area contributed by atoms with E-state index in [4.69, 9.17) is 28.4 Å². The molecule has 0 spiro atoms. The number of likely N-dealkylation sites (N-methyl/N-ethyl adjacent to an activating group) is 1. The number of esters is 2. The summed E-state index contributed by atoms with van der Waals surface area (Å²) in [6, 6.07) is -0.239. The van der Waals surface area contributed by atoms with Crippen LogP contribution >= 0.6 is 0 Å². The van der Waals surface area contributed by atoms with E-state index in [9.17, 15) is 25.0 Å². The lowest BCUT2D eigenvalue weighted by Crippen LogP contribution is -2.61. The molecule has 0 amide bonds. The van der Waals surface area contributed by atoms with Crippen LogP contribution in [-0.2, 0) is 38.0 Å². The van der Waals surface area contributed by atoms with Crippen LogP contribution in [0.4, 0.5) is 0 Å². The maximum atomic E-state index is 13.7. The van der Waals surface area contributed by atoms with Gasteiger partial charge in [0.05, 0.1) is 60.9 Å². The van der Waals surface area contributed by atoms with E-state index in [1.807, 2.05) is 39.8 Å². The second-order valence-corrected chi connectivity index (χ2v) is 14.9. The average Bonchev–Trinajstić information content (AvgIpc) is 3.01. The second-order valence-electron chi connectivity index (χ2n) is 14.9. The molecule has 3 heterocycles. The van der Waals surface area contributed by atoms with Gasteiger partial charge in [-0.15, -0.1) is 0 Å². The standard InChI is InChI=1S/C35H60N2O11/c1-13-26-35(10,41)31-21(5)27(36-42)19(3)15-34(9,44-17-18(2)16-43-31)30(22(6)28(39)23(7)32(40)47-26)48-33-29(46-24(8)38)25(37(11)12)14-20(4)45-33/h19-23,25-26,28-31,33,39,41-42H,2,13-17H2,1,3-12H3/b36-27-/t19-,20-,21+,22+,23-,25+,26?,28+,29-,30-,31-,33+,34-,35-/m1/s1. The Hall–Kier alpha value is -2.13. The number of aliphatic hydroxyl groups excluding tert-OH is 1. The first kappa shape index (κ1) is 40.3. The van der Waals surface area contributed by atoms with Crippen LogP contribution < -0.4 is 0 Å². The minimum atomic E-state index is -1.71. The normalized spacial score (nSPS) is 44.8. The Morgan fingerprint density at radius 2 is 1.77 bits per heavy atom. The van der Waals surface area contributed by atoms with E-state index in [0.717, 1.165) is 0 Å². The van der Waals surface area contributed by atoms with Crippen molar-refractivity contribution in [2.24, 2.45) is 28.8 Å². The highest BCUT2D eigenvalue weighted by atomic mass is 16.7. The molecule has 3 N–H and O–H groups in total. The van der Waals surface area contributed by atoms with Gasteiger partial charge in [-0.2, -0.15) is 0 Å². The van der Waals surface area contributed by atoms with Crippen LogP contribution in [0.3, 0.4) is 0 Å². The molecule has 0 aromatic rings. The van der Waals surface area contributed by atoms with Crippen LogP contribution in [0.1, 0.15) is 81.6 Å². The van der Waals surface area contributed by atoms with Crippen molar-refractivity contribution in [1.29, 1.82) is 0 Å². The fourth-order valence-electron chi connectivity index (χ4n) is 7.85. The van der Waals surface area contributed by atoms with E-state index >= 15 is 0 Å². The maximum Gasteiger partial charge on any atom is 0.311 e. The Balaban J connectivity index is 2.26.